The molecule has 96 valence electrons. The maximum atomic E-state index is 6.04. The molecule has 0 atom stereocenters. The minimum Gasteiger partial charge on any atom is -0.369 e. The Morgan fingerprint density at radius 1 is 1.21 bits per heavy atom. The maximum absolute atomic E-state index is 6.04. The number of nitrogens with zero attached hydrogens (tertiary/aromatic N) is 2. The Hall–Kier alpha value is -1.52. The van der Waals surface area contributed by atoms with Gasteiger partial charge in [0, 0.05) is 9.50 Å². The Labute approximate surface area is 124 Å². The van der Waals surface area contributed by atoms with Gasteiger partial charge in [-0.25, -0.2) is 4.98 Å². The van der Waals surface area contributed by atoms with Crippen LogP contribution in [0.1, 0.15) is 5.56 Å². The normalized spacial score (nSPS) is 11.1. The summed E-state index contributed by atoms with van der Waals surface area (Å²) < 4.78 is 3.01. The van der Waals surface area contributed by atoms with E-state index in [2.05, 4.69) is 33.0 Å². The molecule has 3 nitrogen and oxygen atoms in total. The molecule has 0 aliphatic carbocycles. The molecule has 3 aromatic rings. The standard InChI is InChI=1S/C14H11BrClN3/c15-10-3-1-2-9(6-10)8-19-13-7-11(16)4-5-12(13)18-14(19)17/h1-7H,8H2,(H2,17,18). The monoisotopic (exact) mass is 335 g/mol. The van der Waals surface area contributed by atoms with E-state index < -0.39 is 0 Å². The third kappa shape index (κ3) is 2.46. The van der Waals surface area contributed by atoms with Crippen molar-refractivity contribution in [1.82, 2.24) is 9.55 Å². The first-order valence-corrected chi connectivity index (χ1v) is 6.96. The van der Waals surface area contributed by atoms with E-state index in [9.17, 15) is 0 Å². The predicted molar refractivity (Wildman–Crippen MR) is 82.4 cm³/mol. The number of benzene rings is 2. The fraction of sp³-hybridized carbons (Fsp3) is 0.0714. The summed E-state index contributed by atoms with van der Waals surface area (Å²) in [6.45, 7) is 0.669. The number of nitrogen functional groups attached to an aromatic ring is 1. The van der Waals surface area contributed by atoms with Crippen LogP contribution < -0.4 is 5.73 Å². The number of imidazole rings is 1. The first-order valence-electron chi connectivity index (χ1n) is 5.79. The van der Waals surface area contributed by atoms with Crippen LogP contribution in [0.25, 0.3) is 11.0 Å². The van der Waals surface area contributed by atoms with Crippen molar-refractivity contribution in [2.45, 2.75) is 6.54 Å². The van der Waals surface area contributed by atoms with Gasteiger partial charge in [-0.2, -0.15) is 0 Å². The molecule has 1 heterocycles. The second kappa shape index (κ2) is 4.87. The minimum absolute atomic E-state index is 0.497. The average molecular weight is 337 g/mol. The van der Waals surface area contributed by atoms with Gasteiger partial charge in [-0.05, 0) is 35.9 Å². The van der Waals surface area contributed by atoms with Gasteiger partial charge in [-0.1, -0.05) is 39.7 Å². The first kappa shape index (κ1) is 12.5. The number of nitrogens with two attached hydrogens (primary N) is 1. The van der Waals surface area contributed by atoms with Gasteiger partial charge < -0.3 is 10.3 Å². The van der Waals surface area contributed by atoms with Gasteiger partial charge in [0.25, 0.3) is 0 Å². The molecule has 0 spiro atoms. The summed E-state index contributed by atoms with van der Waals surface area (Å²) in [5.41, 5.74) is 8.95. The highest BCUT2D eigenvalue weighted by Gasteiger charge is 2.09. The summed E-state index contributed by atoms with van der Waals surface area (Å²) in [4.78, 5) is 4.34. The molecule has 5 heteroatoms. The van der Waals surface area contributed by atoms with E-state index in [0.29, 0.717) is 17.5 Å². The van der Waals surface area contributed by atoms with Crippen LogP contribution in [-0.2, 0) is 6.54 Å². The Kier molecular flexibility index (Phi) is 3.21. The van der Waals surface area contributed by atoms with E-state index in [-0.39, 0.29) is 0 Å². The predicted octanol–water partition coefficient (Wildman–Crippen LogP) is 4.08. The molecule has 19 heavy (non-hydrogen) atoms. The zero-order chi connectivity index (χ0) is 13.4. The number of fused-ring (bicyclic) bond motifs is 1. The van der Waals surface area contributed by atoms with E-state index >= 15 is 0 Å². The summed E-state index contributed by atoms with van der Waals surface area (Å²) in [6.07, 6.45) is 0. The lowest BCUT2D eigenvalue weighted by molar-refractivity contribution is 0.838. The molecule has 0 radical (unpaired) electrons. The van der Waals surface area contributed by atoms with Crippen molar-refractivity contribution < 1.29 is 0 Å². The fourth-order valence-corrected chi connectivity index (χ4v) is 2.71. The number of rotatable bonds is 2. The van der Waals surface area contributed by atoms with E-state index in [4.69, 9.17) is 17.3 Å². The van der Waals surface area contributed by atoms with Crippen LogP contribution >= 0.6 is 27.5 Å². The Morgan fingerprint density at radius 3 is 2.84 bits per heavy atom. The van der Waals surface area contributed by atoms with Crippen molar-refractivity contribution in [3.8, 4) is 0 Å². The van der Waals surface area contributed by atoms with Crippen molar-refractivity contribution >= 4 is 44.5 Å². The van der Waals surface area contributed by atoms with Gasteiger partial charge in [0.05, 0.1) is 17.6 Å². The van der Waals surface area contributed by atoms with Crippen molar-refractivity contribution in [3.05, 3.63) is 57.5 Å². The number of hydrogen-bond acceptors (Lipinski definition) is 2. The van der Waals surface area contributed by atoms with Crippen LogP contribution in [0, 0.1) is 0 Å². The number of hydrogen-bond donors (Lipinski definition) is 1. The number of anilines is 1. The number of halogens is 2. The number of aromatic nitrogens is 2. The fourth-order valence-electron chi connectivity index (χ4n) is 2.10. The van der Waals surface area contributed by atoms with Gasteiger partial charge in [0.15, 0.2) is 0 Å². The van der Waals surface area contributed by atoms with Crippen LogP contribution in [0.2, 0.25) is 5.02 Å². The summed E-state index contributed by atoms with van der Waals surface area (Å²) in [6, 6.07) is 13.7. The molecule has 3 rings (SSSR count). The molecular formula is C14H11BrClN3. The summed E-state index contributed by atoms with van der Waals surface area (Å²) in [7, 11) is 0. The molecule has 0 aliphatic rings. The molecule has 0 saturated carbocycles. The molecule has 0 saturated heterocycles. The second-order valence-corrected chi connectivity index (χ2v) is 5.67. The van der Waals surface area contributed by atoms with E-state index in [1.165, 1.54) is 0 Å². The second-order valence-electron chi connectivity index (χ2n) is 4.32. The van der Waals surface area contributed by atoms with Gasteiger partial charge in [0.2, 0.25) is 5.95 Å². The first-order chi connectivity index (χ1) is 9.13. The molecule has 0 aliphatic heterocycles. The molecule has 0 fully saturated rings. The highest BCUT2D eigenvalue weighted by molar-refractivity contribution is 9.10. The molecule has 0 amide bonds. The van der Waals surface area contributed by atoms with Crippen molar-refractivity contribution in [3.63, 3.8) is 0 Å². The van der Waals surface area contributed by atoms with Crippen LogP contribution in [0.4, 0.5) is 5.95 Å². The highest BCUT2D eigenvalue weighted by Crippen LogP contribution is 2.23. The van der Waals surface area contributed by atoms with Crippen molar-refractivity contribution in [2.75, 3.05) is 5.73 Å². The Balaban J connectivity index is 2.09. The Morgan fingerprint density at radius 2 is 2.05 bits per heavy atom. The molecule has 0 bridgehead atoms. The molecule has 2 N–H and O–H groups in total. The summed E-state index contributed by atoms with van der Waals surface area (Å²) >= 11 is 9.51. The minimum atomic E-state index is 0.497. The average Bonchev–Trinajstić information content (AvgIpc) is 2.66. The highest BCUT2D eigenvalue weighted by atomic mass is 79.9. The van der Waals surface area contributed by atoms with Crippen LogP contribution in [0.3, 0.4) is 0 Å². The van der Waals surface area contributed by atoms with Gasteiger partial charge in [-0.3, -0.25) is 0 Å². The third-order valence-electron chi connectivity index (χ3n) is 2.97. The third-order valence-corrected chi connectivity index (χ3v) is 3.70. The van der Waals surface area contributed by atoms with Crippen molar-refractivity contribution in [2.24, 2.45) is 0 Å². The lowest BCUT2D eigenvalue weighted by Crippen LogP contribution is -2.04. The topological polar surface area (TPSA) is 43.8 Å². The Bertz CT molecular complexity index is 752. The SMILES string of the molecule is Nc1nc2ccc(Cl)cc2n1Cc1cccc(Br)c1. The molecule has 1 aromatic heterocycles. The van der Waals surface area contributed by atoms with Crippen LogP contribution in [-0.4, -0.2) is 9.55 Å². The van der Waals surface area contributed by atoms with E-state index in [0.717, 1.165) is 21.1 Å². The lowest BCUT2D eigenvalue weighted by Gasteiger charge is -2.07. The maximum Gasteiger partial charge on any atom is 0.201 e. The zero-order valence-electron chi connectivity index (χ0n) is 9.98. The van der Waals surface area contributed by atoms with Gasteiger partial charge in [0.1, 0.15) is 0 Å². The smallest absolute Gasteiger partial charge is 0.201 e. The van der Waals surface area contributed by atoms with Crippen LogP contribution in [0.15, 0.2) is 46.9 Å². The molecule has 0 unspecified atom stereocenters. The largest absolute Gasteiger partial charge is 0.369 e. The van der Waals surface area contributed by atoms with E-state index in [1.807, 2.05) is 34.9 Å². The van der Waals surface area contributed by atoms with Crippen molar-refractivity contribution in [1.29, 1.82) is 0 Å². The van der Waals surface area contributed by atoms with Gasteiger partial charge >= 0.3 is 0 Å². The van der Waals surface area contributed by atoms with E-state index in [1.54, 1.807) is 0 Å². The molecular weight excluding hydrogens is 326 g/mol. The summed E-state index contributed by atoms with van der Waals surface area (Å²) in [5, 5.41) is 0.683. The molecule has 2 aromatic carbocycles. The van der Waals surface area contributed by atoms with Gasteiger partial charge in [-0.15, -0.1) is 0 Å². The summed E-state index contributed by atoms with van der Waals surface area (Å²) in [5.74, 6) is 0.497. The van der Waals surface area contributed by atoms with Crippen LogP contribution in [0.5, 0.6) is 0 Å². The quantitative estimate of drug-likeness (QED) is 0.766. The lowest BCUT2D eigenvalue weighted by atomic mass is 10.2. The zero-order valence-corrected chi connectivity index (χ0v) is 12.3.